The predicted molar refractivity (Wildman–Crippen MR) is 53.5 cm³/mol. The lowest BCUT2D eigenvalue weighted by Gasteiger charge is -1.95. The van der Waals surface area contributed by atoms with Gasteiger partial charge in [-0.05, 0) is 41.6 Å². The van der Waals surface area contributed by atoms with E-state index in [4.69, 9.17) is 0 Å². The van der Waals surface area contributed by atoms with Gasteiger partial charge in [-0.2, -0.15) is 0 Å². The third kappa shape index (κ3) is 1.13. The summed E-state index contributed by atoms with van der Waals surface area (Å²) >= 11 is 2.32. The zero-order chi connectivity index (χ0) is 7.84. The van der Waals surface area contributed by atoms with Crippen LogP contribution in [0.3, 0.4) is 0 Å². The molecule has 0 bridgehead atoms. The van der Waals surface area contributed by atoms with E-state index in [-0.39, 0.29) is 0 Å². The number of fused-ring (bicyclic) bond motifs is 1. The Labute approximate surface area is 78.2 Å². The highest BCUT2D eigenvalue weighted by Crippen LogP contribution is 2.18. The first-order valence-electron chi connectivity index (χ1n) is 3.37. The van der Waals surface area contributed by atoms with E-state index in [0.29, 0.717) is 0 Å². The van der Waals surface area contributed by atoms with Crippen molar-refractivity contribution in [2.24, 2.45) is 0 Å². The molecule has 3 heteroatoms. The van der Waals surface area contributed by atoms with Crippen LogP contribution in [0.1, 0.15) is 5.69 Å². The van der Waals surface area contributed by atoms with Crippen LogP contribution in [-0.4, -0.2) is 9.97 Å². The van der Waals surface area contributed by atoms with Gasteiger partial charge >= 0.3 is 0 Å². The number of nitrogens with zero attached hydrogens (tertiary/aromatic N) is 1. The van der Waals surface area contributed by atoms with Crippen LogP contribution >= 0.6 is 22.6 Å². The molecule has 2 aromatic rings. The summed E-state index contributed by atoms with van der Waals surface area (Å²) < 4.78 is 1.26. The molecule has 1 N–H and O–H groups in total. The maximum absolute atomic E-state index is 4.34. The summed E-state index contributed by atoms with van der Waals surface area (Å²) in [7, 11) is 0. The number of aromatic amines is 1. The van der Waals surface area contributed by atoms with Crippen molar-refractivity contribution in [1.82, 2.24) is 9.97 Å². The molecule has 11 heavy (non-hydrogen) atoms. The van der Waals surface area contributed by atoms with E-state index in [1.54, 1.807) is 0 Å². The molecule has 0 aliphatic carbocycles. The third-order valence-corrected chi connectivity index (χ3v) is 2.50. The van der Waals surface area contributed by atoms with Gasteiger partial charge in [0.2, 0.25) is 0 Å². The van der Waals surface area contributed by atoms with E-state index in [1.807, 2.05) is 19.2 Å². The summed E-state index contributed by atoms with van der Waals surface area (Å²) in [6.07, 6.45) is 1.92. The zero-order valence-corrected chi connectivity index (χ0v) is 8.21. The number of H-pyrrole nitrogens is 1. The van der Waals surface area contributed by atoms with Crippen LogP contribution in [-0.2, 0) is 0 Å². The molecule has 2 heterocycles. The fraction of sp³-hybridized carbons (Fsp3) is 0.125. The minimum atomic E-state index is 0.981. The second-order valence-corrected chi connectivity index (χ2v) is 3.65. The molecule has 0 radical (unpaired) electrons. The molecule has 2 nitrogen and oxygen atoms in total. The molecule has 2 rings (SSSR count). The lowest BCUT2D eigenvalue weighted by Crippen LogP contribution is -1.84. The van der Waals surface area contributed by atoms with Crippen molar-refractivity contribution < 1.29 is 0 Å². The largest absolute Gasteiger partial charge is 0.346 e. The van der Waals surface area contributed by atoms with Crippen molar-refractivity contribution in [2.75, 3.05) is 0 Å². The van der Waals surface area contributed by atoms with Crippen molar-refractivity contribution in [2.45, 2.75) is 6.92 Å². The summed E-state index contributed by atoms with van der Waals surface area (Å²) in [5.74, 6) is 0. The molecule has 0 aromatic carbocycles. The predicted octanol–water partition coefficient (Wildman–Crippen LogP) is 2.48. The Balaban J connectivity index is 2.91. The van der Waals surface area contributed by atoms with Crippen molar-refractivity contribution >= 4 is 33.6 Å². The van der Waals surface area contributed by atoms with Gasteiger partial charge in [-0.15, -0.1) is 0 Å². The second kappa shape index (κ2) is 2.48. The standard InChI is InChI=1S/C8H7IN2/c1-5-4-7(9)6-2-3-10-8(6)11-5/h2-4H,1H3,(H,10,11). The normalized spacial score (nSPS) is 10.7. The van der Waals surface area contributed by atoms with E-state index < -0.39 is 0 Å². The number of rotatable bonds is 0. The Hall–Kier alpha value is -0.580. The third-order valence-electron chi connectivity index (χ3n) is 1.61. The number of aryl methyl sites for hydroxylation is 1. The molecular weight excluding hydrogens is 251 g/mol. The van der Waals surface area contributed by atoms with Gasteiger partial charge in [-0.1, -0.05) is 0 Å². The summed E-state index contributed by atoms with van der Waals surface area (Å²) in [4.78, 5) is 7.42. The summed E-state index contributed by atoms with van der Waals surface area (Å²) in [5.41, 5.74) is 2.04. The van der Waals surface area contributed by atoms with Gasteiger partial charge in [0, 0.05) is 20.8 Å². The van der Waals surface area contributed by atoms with E-state index >= 15 is 0 Å². The van der Waals surface area contributed by atoms with Gasteiger partial charge in [0.25, 0.3) is 0 Å². The Bertz CT molecular complexity index is 392. The highest BCUT2D eigenvalue weighted by molar-refractivity contribution is 14.1. The molecule has 0 aliphatic rings. The topological polar surface area (TPSA) is 28.7 Å². The first kappa shape index (κ1) is 7.09. The maximum Gasteiger partial charge on any atom is 0.138 e. The number of hydrogen-bond acceptors (Lipinski definition) is 1. The van der Waals surface area contributed by atoms with E-state index in [0.717, 1.165) is 11.3 Å². The van der Waals surface area contributed by atoms with Gasteiger partial charge in [-0.3, -0.25) is 0 Å². The van der Waals surface area contributed by atoms with Crippen LogP contribution in [0.4, 0.5) is 0 Å². The smallest absolute Gasteiger partial charge is 0.138 e. The molecule has 0 fully saturated rings. The molecular formula is C8H7IN2. The number of hydrogen-bond donors (Lipinski definition) is 1. The van der Waals surface area contributed by atoms with Crippen molar-refractivity contribution in [3.05, 3.63) is 27.6 Å². The fourth-order valence-electron chi connectivity index (χ4n) is 1.12. The summed E-state index contributed by atoms with van der Waals surface area (Å²) in [6, 6.07) is 4.13. The number of halogens is 1. The van der Waals surface area contributed by atoms with Crippen molar-refractivity contribution in [3.63, 3.8) is 0 Å². The minimum absolute atomic E-state index is 0.981. The van der Waals surface area contributed by atoms with Crippen LogP contribution < -0.4 is 0 Å². The first-order valence-corrected chi connectivity index (χ1v) is 4.45. The molecule has 0 atom stereocenters. The Morgan fingerprint density at radius 2 is 2.36 bits per heavy atom. The summed E-state index contributed by atoms with van der Waals surface area (Å²) in [5, 5.41) is 1.20. The molecule has 0 amide bonds. The number of nitrogens with one attached hydrogen (secondary N) is 1. The average molecular weight is 258 g/mol. The first-order chi connectivity index (χ1) is 5.27. The lowest BCUT2D eigenvalue weighted by atomic mass is 10.3. The molecule has 0 saturated carbocycles. The van der Waals surface area contributed by atoms with Gasteiger partial charge < -0.3 is 4.98 Å². The van der Waals surface area contributed by atoms with Crippen molar-refractivity contribution in [1.29, 1.82) is 0 Å². The van der Waals surface area contributed by atoms with E-state index in [2.05, 4.69) is 38.6 Å². The highest BCUT2D eigenvalue weighted by atomic mass is 127. The molecule has 2 aromatic heterocycles. The zero-order valence-electron chi connectivity index (χ0n) is 6.06. The van der Waals surface area contributed by atoms with Crippen LogP contribution in [0, 0.1) is 10.5 Å². The average Bonchev–Trinajstić information content (AvgIpc) is 2.34. The maximum atomic E-state index is 4.34. The quantitative estimate of drug-likeness (QED) is 0.722. The molecule has 0 saturated heterocycles. The highest BCUT2D eigenvalue weighted by Gasteiger charge is 2.00. The van der Waals surface area contributed by atoms with Crippen molar-refractivity contribution in [3.8, 4) is 0 Å². The van der Waals surface area contributed by atoms with Crippen LogP contribution in [0.2, 0.25) is 0 Å². The van der Waals surface area contributed by atoms with E-state index in [9.17, 15) is 0 Å². The Morgan fingerprint density at radius 3 is 3.18 bits per heavy atom. The fourth-order valence-corrected chi connectivity index (χ4v) is 2.00. The second-order valence-electron chi connectivity index (χ2n) is 2.49. The van der Waals surface area contributed by atoms with Crippen LogP contribution in [0.25, 0.3) is 11.0 Å². The number of pyridine rings is 1. The van der Waals surface area contributed by atoms with E-state index in [1.165, 1.54) is 8.96 Å². The molecule has 56 valence electrons. The van der Waals surface area contributed by atoms with Gasteiger partial charge in [0.15, 0.2) is 0 Å². The lowest BCUT2D eigenvalue weighted by molar-refractivity contribution is 1.22. The Morgan fingerprint density at radius 1 is 1.55 bits per heavy atom. The Kier molecular flexibility index (Phi) is 1.60. The van der Waals surface area contributed by atoms with Gasteiger partial charge in [-0.25, -0.2) is 4.98 Å². The van der Waals surface area contributed by atoms with Gasteiger partial charge in [0.05, 0.1) is 0 Å². The van der Waals surface area contributed by atoms with Gasteiger partial charge in [0.1, 0.15) is 5.65 Å². The molecule has 0 spiro atoms. The van der Waals surface area contributed by atoms with Crippen LogP contribution in [0.15, 0.2) is 18.3 Å². The number of aromatic nitrogens is 2. The minimum Gasteiger partial charge on any atom is -0.346 e. The SMILES string of the molecule is Cc1cc(I)c2cc[nH]c2n1. The summed E-state index contributed by atoms with van der Waals surface area (Å²) in [6.45, 7) is 2.00. The van der Waals surface area contributed by atoms with Crippen LogP contribution in [0.5, 0.6) is 0 Å². The monoisotopic (exact) mass is 258 g/mol. The molecule has 0 aliphatic heterocycles. The molecule has 0 unspecified atom stereocenters.